The van der Waals surface area contributed by atoms with Crippen molar-refractivity contribution in [3.63, 3.8) is 0 Å². The van der Waals surface area contributed by atoms with Gasteiger partial charge in [0.15, 0.2) is 0 Å². The van der Waals surface area contributed by atoms with Gasteiger partial charge in [0.1, 0.15) is 11.6 Å². The zero-order valence-electron chi connectivity index (χ0n) is 13.8. The van der Waals surface area contributed by atoms with Crippen LogP contribution in [0.1, 0.15) is 18.3 Å². The normalized spacial score (nSPS) is 11.1. The number of hydrogen-bond donors (Lipinski definition) is 2. The molecule has 2 aromatic carbocycles. The van der Waals surface area contributed by atoms with E-state index in [9.17, 15) is 20.0 Å². The summed E-state index contributed by atoms with van der Waals surface area (Å²) in [5.74, 6) is -0.286. The molecule has 2 N–H and O–H groups in total. The Hall–Kier alpha value is -3.68. The summed E-state index contributed by atoms with van der Waals surface area (Å²) in [4.78, 5) is 27.4. The van der Waals surface area contributed by atoms with Crippen molar-refractivity contribution in [2.24, 2.45) is 0 Å². The van der Waals surface area contributed by atoms with Gasteiger partial charge < -0.3 is 14.8 Å². The predicted octanol–water partition coefficient (Wildman–Crippen LogP) is 3.11. The van der Waals surface area contributed by atoms with Crippen LogP contribution in [0.15, 0.2) is 41.2 Å². The van der Waals surface area contributed by atoms with Crippen molar-refractivity contribution in [1.29, 1.82) is 0 Å². The number of aromatic hydroxyl groups is 1. The zero-order chi connectivity index (χ0) is 18.7. The lowest BCUT2D eigenvalue weighted by Gasteiger charge is -2.10. The average molecular weight is 353 g/mol. The van der Waals surface area contributed by atoms with E-state index in [1.54, 1.807) is 6.08 Å². The zero-order valence-corrected chi connectivity index (χ0v) is 13.8. The topological polar surface area (TPSA) is 118 Å². The molecule has 0 aliphatic heterocycles. The molecule has 0 atom stereocenters. The maximum atomic E-state index is 11.7. The molecular formula is C18H15N3O5. The molecule has 0 saturated carbocycles. The molecule has 3 rings (SSSR count). The summed E-state index contributed by atoms with van der Waals surface area (Å²) in [6, 6.07) is 11.5. The molecule has 8 nitrogen and oxygen atoms in total. The summed E-state index contributed by atoms with van der Waals surface area (Å²) in [7, 11) is 0. The number of H-pyrrole nitrogens is 1. The second kappa shape index (κ2) is 7.06. The van der Waals surface area contributed by atoms with Crippen molar-refractivity contribution in [2.45, 2.75) is 6.92 Å². The third-order valence-electron chi connectivity index (χ3n) is 3.72. The lowest BCUT2D eigenvalue weighted by molar-refractivity contribution is -0.387. The van der Waals surface area contributed by atoms with Crippen molar-refractivity contribution >= 4 is 28.6 Å². The summed E-state index contributed by atoms with van der Waals surface area (Å²) < 4.78 is 5.65. The summed E-state index contributed by atoms with van der Waals surface area (Å²) >= 11 is 0. The van der Waals surface area contributed by atoms with Crippen LogP contribution in [0.5, 0.6) is 11.6 Å². The van der Waals surface area contributed by atoms with Gasteiger partial charge in [-0.25, -0.2) is 0 Å². The first-order chi connectivity index (χ1) is 12.5. The lowest BCUT2D eigenvalue weighted by atomic mass is 10.0. The summed E-state index contributed by atoms with van der Waals surface area (Å²) in [6.07, 6.45) is 3.13. The molecule has 0 spiro atoms. The van der Waals surface area contributed by atoms with Gasteiger partial charge in [-0.3, -0.25) is 14.9 Å². The molecular weight excluding hydrogens is 338 g/mol. The number of nitrogens with one attached hydrogen (secondary N) is 1. The minimum atomic E-state index is -1.02. The number of nitrogens with zero attached hydrogens (tertiary/aromatic N) is 2. The second-order valence-electron chi connectivity index (χ2n) is 5.35. The molecule has 1 heterocycles. The molecule has 0 aliphatic carbocycles. The van der Waals surface area contributed by atoms with Crippen LogP contribution in [-0.2, 0) is 0 Å². The highest BCUT2D eigenvalue weighted by molar-refractivity contribution is 5.95. The maximum absolute atomic E-state index is 11.7. The first-order valence-corrected chi connectivity index (χ1v) is 7.81. The number of ether oxygens (including phenoxy) is 1. The highest BCUT2D eigenvalue weighted by Crippen LogP contribution is 2.30. The number of rotatable bonds is 5. The first kappa shape index (κ1) is 17.2. The van der Waals surface area contributed by atoms with Gasteiger partial charge in [0.25, 0.3) is 5.88 Å². The van der Waals surface area contributed by atoms with E-state index in [0.29, 0.717) is 12.4 Å². The van der Waals surface area contributed by atoms with Gasteiger partial charge >= 0.3 is 11.2 Å². The van der Waals surface area contributed by atoms with Crippen LogP contribution in [0.25, 0.3) is 22.9 Å². The van der Waals surface area contributed by atoms with Crippen LogP contribution in [0.3, 0.4) is 0 Å². The van der Waals surface area contributed by atoms with Crippen molar-refractivity contribution in [3.05, 3.63) is 68.3 Å². The number of fused-ring (bicyclic) bond motifs is 1. The quantitative estimate of drug-likeness (QED) is 0.537. The Balaban J connectivity index is 2.10. The van der Waals surface area contributed by atoms with Crippen LogP contribution in [0, 0.1) is 10.1 Å². The number of nitro groups is 1. The van der Waals surface area contributed by atoms with Crippen LogP contribution < -0.4 is 10.3 Å². The van der Waals surface area contributed by atoms with E-state index in [2.05, 4.69) is 9.97 Å². The summed E-state index contributed by atoms with van der Waals surface area (Å²) in [5, 5.41) is 22.3. The number of aromatic nitrogens is 2. The van der Waals surface area contributed by atoms with E-state index < -0.39 is 22.0 Å². The van der Waals surface area contributed by atoms with Gasteiger partial charge in [-0.1, -0.05) is 30.3 Å². The number of benzene rings is 2. The molecule has 3 aromatic rings. The molecule has 26 heavy (non-hydrogen) atoms. The summed E-state index contributed by atoms with van der Waals surface area (Å²) in [5.41, 5.74) is -1.24. The largest absolute Gasteiger partial charge is 0.493 e. The minimum absolute atomic E-state index is 0.00603. The Morgan fingerprint density at radius 2 is 2.04 bits per heavy atom. The van der Waals surface area contributed by atoms with Gasteiger partial charge in [-0.05, 0) is 35.9 Å². The maximum Gasteiger partial charge on any atom is 0.395 e. The average Bonchev–Trinajstić information content (AvgIpc) is 2.60. The highest BCUT2D eigenvalue weighted by Gasteiger charge is 2.21. The fraction of sp³-hybridized carbons (Fsp3) is 0.111. The minimum Gasteiger partial charge on any atom is -0.493 e. The van der Waals surface area contributed by atoms with Crippen molar-refractivity contribution in [3.8, 4) is 11.6 Å². The third-order valence-corrected chi connectivity index (χ3v) is 3.72. The Morgan fingerprint density at radius 1 is 1.27 bits per heavy atom. The Labute approximate surface area is 147 Å². The Bertz CT molecular complexity index is 1070. The molecule has 1 aromatic heterocycles. The second-order valence-corrected chi connectivity index (χ2v) is 5.35. The Kier molecular flexibility index (Phi) is 4.66. The summed E-state index contributed by atoms with van der Waals surface area (Å²) in [6.45, 7) is 2.35. The molecule has 0 unspecified atom stereocenters. The highest BCUT2D eigenvalue weighted by atomic mass is 16.6. The van der Waals surface area contributed by atoms with E-state index in [1.165, 1.54) is 6.08 Å². The third kappa shape index (κ3) is 3.25. The molecule has 0 aliphatic rings. The monoisotopic (exact) mass is 353 g/mol. The van der Waals surface area contributed by atoms with Gasteiger partial charge in [-0.15, -0.1) is 0 Å². The predicted molar refractivity (Wildman–Crippen MR) is 97.2 cm³/mol. The molecule has 0 amide bonds. The van der Waals surface area contributed by atoms with Crippen molar-refractivity contribution in [1.82, 2.24) is 9.97 Å². The molecule has 132 valence electrons. The Morgan fingerprint density at radius 3 is 2.73 bits per heavy atom. The first-order valence-electron chi connectivity index (χ1n) is 7.81. The molecule has 0 saturated heterocycles. The standard InChI is InChI=1S/C18H15N3O5/c1-2-26-14-9-7-11-5-3-4-6-12(11)13(14)8-10-15-19-17(22)16(21(24)25)18(23)20-15/h3-10H,2H2,1H3,(H2,19,20,22,23)/b10-8+. The fourth-order valence-electron chi connectivity index (χ4n) is 2.61. The SMILES string of the molecule is CCOc1ccc2ccccc2c1/C=C/c1nc(O)c([N+](=O)[O-])c(=O)[nH]1. The smallest absolute Gasteiger partial charge is 0.395 e. The van der Waals surface area contributed by atoms with Crippen LogP contribution in [0.4, 0.5) is 5.69 Å². The molecule has 0 fully saturated rings. The van der Waals surface area contributed by atoms with Crippen molar-refractivity contribution in [2.75, 3.05) is 6.61 Å². The van der Waals surface area contributed by atoms with Gasteiger partial charge in [0, 0.05) is 5.56 Å². The van der Waals surface area contributed by atoms with E-state index in [4.69, 9.17) is 4.74 Å². The van der Waals surface area contributed by atoms with Crippen molar-refractivity contribution < 1.29 is 14.8 Å². The van der Waals surface area contributed by atoms with E-state index in [0.717, 1.165) is 16.3 Å². The van der Waals surface area contributed by atoms with Gasteiger partial charge in [-0.2, -0.15) is 4.98 Å². The van der Waals surface area contributed by atoms with Crippen LogP contribution in [-0.4, -0.2) is 26.6 Å². The van der Waals surface area contributed by atoms with E-state index in [-0.39, 0.29) is 5.82 Å². The van der Waals surface area contributed by atoms with Gasteiger partial charge in [0.05, 0.1) is 11.5 Å². The number of aromatic amines is 1. The number of hydrogen-bond acceptors (Lipinski definition) is 6. The lowest BCUT2D eigenvalue weighted by Crippen LogP contribution is -2.14. The van der Waals surface area contributed by atoms with Crippen LogP contribution in [0.2, 0.25) is 0 Å². The van der Waals surface area contributed by atoms with Gasteiger partial charge in [0.2, 0.25) is 0 Å². The molecule has 8 heteroatoms. The molecule has 0 radical (unpaired) electrons. The fourth-order valence-corrected chi connectivity index (χ4v) is 2.61. The van der Waals surface area contributed by atoms with E-state index in [1.807, 2.05) is 43.3 Å². The van der Waals surface area contributed by atoms with E-state index >= 15 is 0 Å². The van der Waals surface area contributed by atoms with Crippen LogP contribution >= 0.6 is 0 Å². The molecule has 0 bridgehead atoms.